The zero-order chi connectivity index (χ0) is 18.5. The fourth-order valence-electron chi connectivity index (χ4n) is 3.05. The molecule has 26 heavy (non-hydrogen) atoms. The lowest BCUT2D eigenvalue weighted by Gasteiger charge is -2.22. The average molecular weight is 368 g/mol. The van der Waals surface area contributed by atoms with Crippen LogP contribution in [0, 0.1) is 6.92 Å². The first-order chi connectivity index (χ1) is 12.5. The molecule has 4 nitrogen and oxygen atoms in total. The fourth-order valence-corrected chi connectivity index (χ4v) is 3.25. The number of carbonyl (C=O) groups excluding carboxylic acids is 1. The molecule has 0 radical (unpaired) electrons. The first kappa shape index (κ1) is 18.2. The molecule has 1 aromatic heterocycles. The zero-order valence-electron chi connectivity index (χ0n) is 14.9. The van der Waals surface area contributed by atoms with Crippen molar-refractivity contribution in [3.05, 3.63) is 88.2 Å². The van der Waals surface area contributed by atoms with Crippen molar-refractivity contribution in [2.45, 2.75) is 25.8 Å². The van der Waals surface area contributed by atoms with E-state index in [2.05, 4.69) is 22.3 Å². The Kier molecular flexibility index (Phi) is 5.74. The van der Waals surface area contributed by atoms with Crippen LogP contribution in [0.4, 0.5) is 0 Å². The van der Waals surface area contributed by atoms with Gasteiger partial charge in [-0.2, -0.15) is 5.10 Å². The maximum absolute atomic E-state index is 12.9. The number of rotatable bonds is 6. The number of nitrogens with one attached hydrogen (secondary N) is 1. The van der Waals surface area contributed by atoms with E-state index in [1.54, 1.807) is 4.90 Å². The van der Waals surface area contributed by atoms with Crippen molar-refractivity contribution in [2.75, 3.05) is 7.05 Å². The first-order valence-corrected chi connectivity index (χ1v) is 8.96. The molecule has 0 bridgehead atoms. The third-order valence-electron chi connectivity index (χ3n) is 4.42. The van der Waals surface area contributed by atoms with Crippen LogP contribution in [-0.2, 0) is 11.3 Å². The van der Waals surface area contributed by atoms with E-state index < -0.39 is 0 Å². The monoisotopic (exact) mass is 367 g/mol. The Morgan fingerprint density at radius 3 is 2.50 bits per heavy atom. The van der Waals surface area contributed by atoms with Crippen molar-refractivity contribution in [3.8, 4) is 0 Å². The molecule has 0 aliphatic carbocycles. The van der Waals surface area contributed by atoms with Crippen LogP contribution in [0.15, 0.2) is 60.7 Å². The number of aryl methyl sites for hydroxylation is 1. The summed E-state index contributed by atoms with van der Waals surface area (Å²) in [7, 11) is 1.81. The van der Waals surface area contributed by atoms with E-state index in [-0.39, 0.29) is 11.8 Å². The summed E-state index contributed by atoms with van der Waals surface area (Å²) in [4.78, 5) is 14.6. The van der Waals surface area contributed by atoms with Crippen LogP contribution in [0.5, 0.6) is 0 Å². The van der Waals surface area contributed by atoms with Crippen LogP contribution >= 0.6 is 11.6 Å². The van der Waals surface area contributed by atoms with E-state index in [4.69, 9.17) is 11.6 Å². The summed E-state index contributed by atoms with van der Waals surface area (Å²) in [5.41, 5.74) is 3.99. The number of aromatic nitrogens is 2. The Labute approximate surface area is 158 Å². The molecule has 5 heteroatoms. The van der Waals surface area contributed by atoms with Crippen LogP contribution in [0.1, 0.15) is 34.9 Å². The van der Waals surface area contributed by atoms with Crippen molar-refractivity contribution in [1.29, 1.82) is 0 Å². The van der Waals surface area contributed by atoms with Crippen LogP contribution < -0.4 is 0 Å². The van der Waals surface area contributed by atoms with Crippen molar-refractivity contribution in [1.82, 2.24) is 15.1 Å². The lowest BCUT2D eigenvalue weighted by atomic mass is 9.88. The minimum Gasteiger partial charge on any atom is -0.340 e. The third kappa shape index (κ3) is 4.52. The normalized spacial score (nSPS) is 12.0. The van der Waals surface area contributed by atoms with Gasteiger partial charge in [0, 0.05) is 30.1 Å². The third-order valence-corrected chi connectivity index (χ3v) is 4.65. The van der Waals surface area contributed by atoms with Crippen LogP contribution in [0.25, 0.3) is 0 Å². The smallest absolute Gasteiger partial charge is 0.223 e. The predicted octanol–water partition coefficient (Wildman–Crippen LogP) is 4.55. The van der Waals surface area contributed by atoms with Gasteiger partial charge in [-0.05, 0) is 36.2 Å². The minimum absolute atomic E-state index is 0.0363. The number of hydrogen-bond acceptors (Lipinski definition) is 2. The van der Waals surface area contributed by atoms with E-state index in [9.17, 15) is 4.79 Å². The molecule has 0 unspecified atom stereocenters. The van der Waals surface area contributed by atoms with Gasteiger partial charge in [-0.15, -0.1) is 0 Å². The van der Waals surface area contributed by atoms with E-state index in [0.717, 1.165) is 22.5 Å². The van der Waals surface area contributed by atoms with Gasteiger partial charge in [0.25, 0.3) is 0 Å². The Bertz CT molecular complexity index is 876. The molecule has 0 saturated heterocycles. The molecule has 0 aliphatic heterocycles. The van der Waals surface area contributed by atoms with Crippen molar-refractivity contribution < 1.29 is 4.79 Å². The van der Waals surface area contributed by atoms with Gasteiger partial charge in [-0.1, -0.05) is 54.1 Å². The predicted molar refractivity (Wildman–Crippen MR) is 104 cm³/mol. The van der Waals surface area contributed by atoms with Gasteiger partial charge >= 0.3 is 0 Å². The number of aromatic amines is 1. The largest absolute Gasteiger partial charge is 0.340 e. The lowest BCUT2D eigenvalue weighted by Crippen LogP contribution is -2.28. The molecule has 1 amide bonds. The summed E-state index contributed by atoms with van der Waals surface area (Å²) in [6.07, 6.45) is 0.379. The van der Waals surface area contributed by atoms with Gasteiger partial charge in [-0.25, -0.2) is 0 Å². The van der Waals surface area contributed by atoms with E-state index in [1.807, 2.05) is 62.5 Å². The molecule has 3 aromatic rings. The molecule has 1 atom stereocenters. The summed E-state index contributed by atoms with van der Waals surface area (Å²) in [5.74, 6) is 0.0326. The second kappa shape index (κ2) is 8.19. The molecule has 2 aromatic carbocycles. The standard InChI is InChI=1S/C21H22ClN3O/c1-15-11-19(24-23-15)14-25(2)21(26)13-20(16-7-4-3-5-8-16)17-9-6-10-18(22)12-17/h3-12,20H,13-14H2,1-2H3,(H,23,24)/t20-/m1/s1. The Morgan fingerprint density at radius 2 is 1.85 bits per heavy atom. The highest BCUT2D eigenvalue weighted by molar-refractivity contribution is 6.30. The Hall–Kier alpha value is -2.59. The first-order valence-electron chi connectivity index (χ1n) is 8.58. The maximum atomic E-state index is 12.9. The molecule has 1 heterocycles. The summed E-state index contributed by atoms with van der Waals surface area (Å²) in [6, 6.07) is 19.8. The molecule has 0 fully saturated rings. The molecular formula is C21H22ClN3O. The molecular weight excluding hydrogens is 346 g/mol. The highest BCUT2D eigenvalue weighted by Gasteiger charge is 2.21. The quantitative estimate of drug-likeness (QED) is 0.694. The molecule has 1 N–H and O–H groups in total. The number of nitrogens with zero attached hydrogens (tertiary/aromatic N) is 2. The van der Waals surface area contributed by atoms with Crippen LogP contribution in [0.3, 0.4) is 0 Å². The second-order valence-electron chi connectivity index (χ2n) is 6.51. The van der Waals surface area contributed by atoms with E-state index in [0.29, 0.717) is 18.0 Å². The Balaban J connectivity index is 1.80. The van der Waals surface area contributed by atoms with Gasteiger partial charge < -0.3 is 4.90 Å². The number of halogens is 1. The molecule has 0 spiro atoms. The number of carbonyl (C=O) groups is 1. The SMILES string of the molecule is Cc1cc(CN(C)C(=O)C[C@H](c2ccccc2)c2cccc(Cl)c2)n[nH]1. The lowest BCUT2D eigenvalue weighted by molar-refractivity contribution is -0.130. The van der Waals surface area contributed by atoms with Crippen LogP contribution in [-0.4, -0.2) is 28.1 Å². The van der Waals surface area contributed by atoms with Crippen molar-refractivity contribution in [3.63, 3.8) is 0 Å². The molecule has 0 aliphatic rings. The van der Waals surface area contributed by atoms with Crippen LogP contribution in [0.2, 0.25) is 5.02 Å². The van der Waals surface area contributed by atoms with Gasteiger partial charge in [0.15, 0.2) is 0 Å². The average Bonchev–Trinajstić information content (AvgIpc) is 3.05. The van der Waals surface area contributed by atoms with E-state index >= 15 is 0 Å². The van der Waals surface area contributed by atoms with Crippen molar-refractivity contribution >= 4 is 17.5 Å². The molecule has 134 valence electrons. The van der Waals surface area contributed by atoms with Gasteiger partial charge in [0.05, 0.1) is 12.2 Å². The van der Waals surface area contributed by atoms with Gasteiger partial charge in [-0.3, -0.25) is 9.89 Å². The highest BCUT2D eigenvalue weighted by Crippen LogP contribution is 2.30. The molecule has 0 saturated carbocycles. The number of hydrogen-bond donors (Lipinski definition) is 1. The maximum Gasteiger partial charge on any atom is 0.223 e. The fraction of sp³-hybridized carbons (Fsp3) is 0.238. The number of benzene rings is 2. The Morgan fingerprint density at radius 1 is 1.12 bits per heavy atom. The second-order valence-corrected chi connectivity index (χ2v) is 6.95. The highest BCUT2D eigenvalue weighted by atomic mass is 35.5. The minimum atomic E-state index is -0.0363. The summed E-state index contributed by atoms with van der Waals surface area (Å²) in [5, 5.41) is 7.79. The summed E-state index contributed by atoms with van der Waals surface area (Å²) in [6.45, 7) is 2.43. The zero-order valence-corrected chi connectivity index (χ0v) is 15.7. The number of amides is 1. The number of H-pyrrole nitrogens is 1. The van der Waals surface area contributed by atoms with Crippen molar-refractivity contribution in [2.24, 2.45) is 0 Å². The van der Waals surface area contributed by atoms with Gasteiger partial charge in [0.2, 0.25) is 5.91 Å². The van der Waals surface area contributed by atoms with E-state index in [1.165, 1.54) is 0 Å². The summed E-state index contributed by atoms with van der Waals surface area (Å²) >= 11 is 6.18. The summed E-state index contributed by atoms with van der Waals surface area (Å²) < 4.78 is 0. The van der Waals surface area contributed by atoms with Gasteiger partial charge in [0.1, 0.15) is 0 Å². The topological polar surface area (TPSA) is 49.0 Å². The molecule has 3 rings (SSSR count).